The van der Waals surface area contributed by atoms with Crippen LogP contribution in [0.1, 0.15) is 30.8 Å². The molecular weight excluding hydrogens is 511 g/mol. The molecule has 1 heterocycles. The first-order valence-corrected chi connectivity index (χ1v) is 8.72. The first kappa shape index (κ1) is 21.7. The molecule has 0 aliphatic carbocycles. The van der Waals surface area contributed by atoms with Crippen molar-refractivity contribution >= 4 is 27.6 Å². The van der Waals surface area contributed by atoms with Crippen LogP contribution in [0.5, 0.6) is 0 Å². The molecule has 1 radical (unpaired) electrons. The Hall–Kier alpha value is -1.36. The summed E-state index contributed by atoms with van der Waals surface area (Å²) >= 11 is 1.69. The summed E-state index contributed by atoms with van der Waals surface area (Å²) in [6.07, 6.45) is 4.91. The molecule has 25 heavy (non-hydrogen) atoms. The number of aliphatic hydroxyl groups is 2. The standard InChI is InChI=1S/C15H10NS.C5H12O2.Ir/c1-2-6-12(7-3-1)10-11-15-16-13-8-4-5-9-14(13)17-15;1-4(6)3-5(2)7;/h1-9,11H;4-7H,3H2,1-2H3;/q-1;;. The molecule has 2 atom stereocenters. The van der Waals surface area contributed by atoms with E-state index >= 15 is 0 Å². The monoisotopic (exact) mass is 533 g/mol. The van der Waals surface area contributed by atoms with Crippen molar-refractivity contribution in [2.75, 3.05) is 0 Å². The molecule has 0 saturated carbocycles. The maximum atomic E-state index is 8.56. The van der Waals surface area contributed by atoms with Crippen LogP contribution in [0.25, 0.3) is 16.3 Å². The molecule has 3 nitrogen and oxygen atoms in total. The van der Waals surface area contributed by atoms with Crippen LogP contribution in [0.4, 0.5) is 0 Å². The average molecular weight is 533 g/mol. The van der Waals surface area contributed by atoms with Gasteiger partial charge in [-0.15, -0.1) is 42.0 Å². The van der Waals surface area contributed by atoms with Gasteiger partial charge in [-0.1, -0.05) is 18.2 Å². The summed E-state index contributed by atoms with van der Waals surface area (Å²) in [5.74, 6) is 0. The SMILES string of the molecule is CC(O)CC(C)O.[C-](=Cc1nc2ccccc2s1)c1ccccc1.[Ir]. The summed E-state index contributed by atoms with van der Waals surface area (Å²) in [7, 11) is 0. The van der Waals surface area contributed by atoms with Gasteiger partial charge >= 0.3 is 0 Å². The van der Waals surface area contributed by atoms with E-state index in [0.717, 1.165) is 16.1 Å². The second-order valence-electron chi connectivity index (χ2n) is 5.61. The van der Waals surface area contributed by atoms with Gasteiger partial charge in [-0.05, 0) is 32.4 Å². The Labute approximate surface area is 166 Å². The summed E-state index contributed by atoms with van der Waals surface area (Å²) in [6.45, 7) is 3.32. The molecule has 2 N–H and O–H groups in total. The van der Waals surface area contributed by atoms with Gasteiger partial charge in [0.2, 0.25) is 0 Å². The van der Waals surface area contributed by atoms with E-state index in [9.17, 15) is 0 Å². The van der Waals surface area contributed by atoms with Gasteiger partial charge in [0.05, 0.1) is 17.7 Å². The molecule has 2 unspecified atom stereocenters. The number of para-hydroxylation sites is 1. The minimum Gasteiger partial charge on any atom is -0.393 e. The molecule has 0 saturated heterocycles. The fourth-order valence-corrected chi connectivity index (χ4v) is 2.98. The van der Waals surface area contributed by atoms with Crippen LogP contribution in [0.2, 0.25) is 0 Å². The van der Waals surface area contributed by atoms with Gasteiger partial charge in [0.1, 0.15) is 0 Å². The van der Waals surface area contributed by atoms with Crippen molar-refractivity contribution in [1.29, 1.82) is 0 Å². The number of nitrogens with zero attached hydrogens (tertiary/aromatic N) is 1. The van der Waals surface area contributed by atoms with Crippen molar-refractivity contribution < 1.29 is 30.3 Å². The van der Waals surface area contributed by atoms with E-state index in [-0.39, 0.29) is 32.3 Å². The van der Waals surface area contributed by atoms with E-state index in [4.69, 9.17) is 10.2 Å². The van der Waals surface area contributed by atoms with Gasteiger partial charge in [0.25, 0.3) is 0 Å². The van der Waals surface area contributed by atoms with Gasteiger partial charge in [0.15, 0.2) is 0 Å². The van der Waals surface area contributed by atoms with Crippen molar-refractivity contribution in [3.8, 4) is 0 Å². The molecule has 0 amide bonds. The van der Waals surface area contributed by atoms with Crippen molar-refractivity contribution in [3.63, 3.8) is 0 Å². The van der Waals surface area contributed by atoms with Crippen LogP contribution in [0, 0.1) is 6.08 Å². The van der Waals surface area contributed by atoms with Crippen molar-refractivity contribution in [2.45, 2.75) is 32.5 Å². The third kappa shape index (κ3) is 8.04. The molecule has 5 heteroatoms. The van der Waals surface area contributed by atoms with Gasteiger partial charge < -0.3 is 10.2 Å². The Balaban J connectivity index is 0.000000339. The molecule has 2 aromatic carbocycles. The first-order chi connectivity index (χ1) is 11.5. The van der Waals surface area contributed by atoms with Crippen molar-refractivity contribution in [1.82, 2.24) is 4.98 Å². The van der Waals surface area contributed by atoms with Crippen molar-refractivity contribution in [3.05, 3.63) is 71.2 Å². The predicted octanol–water partition coefficient (Wildman–Crippen LogP) is 4.30. The number of rotatable bonds is 4. The fourth-order valence-electron chi connectivity index (χ4n) is 2.12. The Morgan fingerprint density at radius 3 is 2.16 bits per heavy atom. The quantitative estimate of drug-likeness (QED) is 0.493. The summed E-state index contributed by atoms with van der Waals surface area (Å²) in [4.78, 5) is 4.53. The second-order valence-corrected chi connectivity index (χ2v) is 6.67. The number of fused-ring (bicyclic) bond motifs is 1. The topological polar surface area (TPSA) is 53.4 Å². The van der Waals surface area contributed by atoms with Crippen LogP contribution < -0.4 is 0 Å². The van der Waals surface area contributed by atoms with E-state index in [0.29, 0.717) is 6.42 Å². The maximum absolute atomic E-state index is 8.56. The van der Waals surface area contributed by atoms with Crippen LogP contribution in [0.3, 0.4) is 0 Å². The van der Waals surface area contributed by atoms with Gasteiger partial charge in [-0.2, -0.15) is 11.3 Å². The molecule has 135 valence electrons. The Morgan fingerprint density at radius 2 is 1.60 bits per heavy atom. The molecule has 3 aromatic rings. The number of benzene rings is 2. The van der Waals surface area contributed by atoms with Crippen molar-refractivity contribution in [2.24, 2.45) is 0 Å². The average Bonchev–Trinajstić information content (AvgIpc) is 2.96. The zero-order valence-corrected chi connectivity index (χ0v) is 17.4. The Morgan fingerprint density at radius 1 is 1.00 bits per heavy atom. The molecular formula is C20H22IrNO2S-. The Kier molecular flexibility index (Phi) is 9.79. The second kappa shape index (κ2) is 11.3. The molecule has 0 fully saturated rings. The number of hydrogen-bond acceptors (Lipinski definition) is 4. The molecule has 0 spiro atoms. The number of hydrogen-bond donors (Lipinski definition) is 2. The minimum atomic E-state index is -0.375. The van der Waals surface area contributed by atoms with Crippen LogP contribution in [0.15, 0.2) is 54.6 Å². The molecule has 0 aliphatic rings. The maximum Gasteiger partial charge on any atom is 0.0697 e. The first-order valence-electron chi connectivity index (χ1n) is 7.91. The molecule has 0 bridgehead atoms. The molecule has 0 aliphatic heterocycles. The largest absolute Gasteiger partial charge is 0.393 e. The minimum absolute atomic E-state index is 0. The molecule has 3 rings (SSSR count). The van der Waals surface area contributed by atoms with E-state index in [1.807, 2.05) is 54.6 Å². The van der Waals surface area contributed by atoms with Gasteiger partial charge in [-0.3, -0.25) is 4.98 Å². The number of thiazole rings is 1. The van der Waals surface area contributed by atoms with E-state index < -0.39 is 0 Å². The summed E-state index contributed by atoms with van der Waals surface area (Å²) in [5.41, 5.74) is 2.13. The zero-order valence-electron chi connectivity index (χ0n) is 14.2. The predicted molar refractivity (Wildman–Crippen MR) is 101 cm³/mol. The van der Waals surface area contributed by atoms with Crippen LogP contribution in [-0.2, 0) is 20.1 Å². The van der Waals surface area contributed by atoms with Gasteiger partial charge in [0, 0.05) is 29.8 Å². The summed E-state index contributed by atoms with van der Waals surface area (Å²) < 4.78 is 1.22. The zero-order chi connectivity index (χ0) is 17.4. The smallest absolute Gasteiger partial charge is 0.0697 e. The summed E-state index contributed by atoms with van der Waals surface area (Å²) in [5, 5.41) is 18.1. The van der Waals surface area contributed by atoms with Gasteiger partial charge in [-0.25, -0.2) is 0 Å². The number of aromatic nitrogens is 1. The summed E-state index contributed by atoms with van der Waals surface area (Å²) in [6, 6.07) is 18.3. The van der Waals surface area contributed by atoms with E-state index in [1.54, 1.807) is 25.2 Å². The Bertz CT molecular complexity index is 730. The fraction of sp³-hybridized carbons (Fsp3) is 0.250. The number of aliphatic hydroxyl groups excluding tert-OH is 2. The third-order valence-corrected chi connectivity index (χ3v) is 4.11. The normalized spacial score (nSPS) is 13.0. The van der Waals surface area contributed by atoms with Crippen LogP contribution >= 0.6 is 11.3 Å². The third-order valence-electron chi connectivity index (χ3n) is 3.13. The van der Waals surface area contributed by atoms with Crippen LogP contribution in [-0.4, -0.2) is 27.4 Å². The molecule has 1 aromatic heterocycles. The van der Waals surface area contributed by atoms with E-state index in [1.165, 1.54) is 4.70 Å². The van der Waals surface area contributed by atoms with E-state index in [2.05, 4.69) is 17.1 Å².